The van der Waals surface area contributed by atoms with Gasteiger partial charge in [0.2, 0.25) is 0 Å². The first-order valence-corrected chi connectivity index (χ1v) is 4.86. The maximum atomic E-state index is 5.94. The number of aryl methyl sites for hydroxylation is 1. The molecule has 1 heterocycles. The van der Waals surface area contributed by atoms with Crippen LogP contribution in [0.15, 0.2) is 6.20 Å². The van der Waals surface area contributed by atoms with Crippen molar-refractivity contribution in [3.63, 3.8) is 0 Å². The summed E-state index contributed by atoms with van der Waals surface area (Å²) in [7, 11) is 1.64. The summed E-state index contributed by atoms with van der Waals surface area (Å²) in [5.41, 5.74) is 0.820. The van der Waals surface area contributed by atoms with E-state index in [-0.39, 0.29) is 0 Å². The quantitative estimate of drug-likeness (QED) is 0.734. The second kappa shape index (κ2) is 5.25. The van der Waals surface area contributed by atoms with Gasteiger partial charge in [0.1, 0.15) is 5.69 Å². The Hall–Kier alpha value is -0.540. The Bertz CT molecular complexity index is 260. The van der Waals surface area contributed by atoms with Crippen molar-refractivity contribution in [2.75, 3.05) is 7.11 Å². The van der Waals surface area contributed by atoms with Gasteiger partial charge >= 0.3 is 0 Å². The van der Waals surface area contributed by atoms with Crippen LogP contribution in [-0.2, 0) is 17.9 Å². The first-order valence-electron chi connectivity index (χ1n) is 4.48. The van der Waals surface area contributed by atoms with Crippen molar-refractivity contribution in [3.8, 4) is 0 Å². The van der Waals surface area contributed by atoms with Crippen LogP contribution in [0.1, 0.15) is 25.5 Å². The monoisotopic (exact) mass is 202 g/mol. The van der Waals surface area contributed by atoms with Crippen LogP contribution in [0.25, 0.3) is 0 Å². The molecule has 0 aliphatic carbocycles. The van der Waals surface area contributed by atoms with Gasteiger partial charge in [0.15, 0.2) is 0 Å². The lowest BCUT2D eigenvalue weighted by Gasteiger charge is -1.97. The number of nitrogens with zero attached hydrogens (tertiary/aromatic N) is 2. The molecule has 0 aliphatic rings. The summed E-state index contributed by atoms with van der Waals surface area (Å²) in [5.74, 6) is 0. The topological polar surface area (TPSA) is 27.1 Å². The van der Waals surface area contributed by atoms with Crippen molar-refractivity contribution in [1.29, 1.82) is 0 Å². The number of halogens is 1. The zero-order valence-electron chi connectivity index (χ0n) is 8.09. The van der Waals surface area contributed by atoms with Crippen molar-refractivity contribution in [3.05, 3.63) is 16.9 Å². The highest BCUT2D eigenvalue weighted by Crippen LogP contribution is 2.14. The van der Waals surface area contributed by atoms with E-state index >= 15 is 0 Å². The molecule has 1 rings (SSSR count). The number of rotatable bonds is 5. The lowest BCUT2D eigenvalue weighted by Crippen LogP contribution is -1.99. The molecule has 4 heteroatoms. The molecule has 74 valence electrons. The predicted octanol–water partition coefficient (Wildman–Crippen LogP) is 2.48. The van der Waals surface area contributed by atoms with Crippen molar-refractivity contribution in [2.24, 2.45) is 0 Å². The second-order valence-corrected chi connectivity index (χ2v) is 3.38. The smallest absolute Gasteiger partial charge is 0.107 e. The zero-order valence-corrected chi connectivity index (χ0v) is 8.84. The summed E-state index contributed by atoms with van der Waals surface area (Å²) in [6.07, 6.45) is 4.15. The number of hydrogen-bond acceptors (Lipinski definition) is 2. The molecule has 0 amide bonds. The number of methoxy groups -OCH3 is 1. The first kappa shape index (κ1) is 10.5. The molecule has 0 aromatic carbocycles. The standard InChI is InChI=1S/C9H15ClN2O/c1-3-4-5-12-6-8(10)9(11-12)7-13-2/h6H,3-5,7H2,1-2H3. The van der Waals surface area contributed by atoms with Gasteiger partial charge in [-0.1, -0.05) is 24.9 Å². The van der Waals surface area contributed by atoms with Crippen LogP contribution in [0.3, 0.4) is 0 Å². The Kier molecular flexibility index (Phi) is 4.25. The normalized spacial score (nSPS) is 10.7. The van der Waals surface area contributed by atoms with Crippen molar-refractivity contribution < 1.29 is 4.74 Å². The highest BCUT2D eigenvalue weighted by atomic mass is 35.5. The van der Waals surface area contributed by atoms with Gasteiger partial charge in [-0.2, -0.15) is 5.10 Å². The lowest BCUT2D eigenvalue weighted by molar-refractivity contribution is 0.180. The van der Waals surface area contributed by atoms with Gasteiger partial charge in [0, 0.05) is 19.9 Å². The molecule has 0 spiro atoms. The van der Waals surface area contributed by atoms with Crippen LogP contribution in [0, 0.1) is 0 Å². The summed E-state index contributed by atoms with van der Waals surface area (Å²) in [6.45, 7) is 3.57. The number of unbranched alkanes of at least 4 members (excludes halogenated alkanes) is 1. The largest absolute Gasteiger partial charge is 0.378 e. The van der Waals surface area contributed by atoms with Crippen molar-refractivity contribution in [2.45, 2.75) is 32.9 Å². The molecule has 0 atom stereocenters. The molecule has 0 bridgehead atoms. The minimum atomic E-state index is 0.484. The van der Waals surface area contributed by atoms with E-state index in [2.05, 4.69) is 12.0 Å². The number of aromatic nitrogens is 2. The van der Waals surface area contributed by atoms with Crippen LogP contribution >= 0.6 is 11.6 Å². The molecular formula is C9H15ClN2O. The first-order chi connectivity index (χ1) is 6.27. The van der Waals surface area contributed by atoms with Gasteiger partial charge in [-0.25, -0.2) is 0 Å². The Morgan fingerprint density at radius 2 is 2.38 bits per heavy atom. The van der Waals surface area contributed by atoms with E-state index in [4.69, 9.17) is 16.3 Å². The average Bonchev–Trinajstić information content (AvgIpc) is 2.45. The summed E-state index contributed by atoms with van der Waals surface area (Å²) in [6, 6.07) is 0. The Morgan fingerprint density at radius 1 is 1.62 bits per heavy atom. The molecule has 1 aromatic rings. The molecule has 0 unspecified atom stereocenters. The highest BCUT2D eigenvalue weighted by molar-refractivity contribution is 6.31. The van der Waals surface area contributed by atoms with Crippen LogP contribution in [-0.4, -0.2) is 16.9 Å². The van der Waals surface area contributed by atoms with Crippen LogP contribution in [0.5, 0.6) is 0 Å². The molecule has 1 aromatic heterocycles. The Balaban J connectivity index is 2.59. The van der Waals surface area contributed by atoms with Crippen LogP contribution in [0.4, 0.5) is 0 Å². The van der Waals surface area contributed by atoms with Gasteiger partial charge in [-0.3, -0.25) is 4.68 Å². The fourth-order valence-corrected chi connectivity index (χ4v) is 1.31. The maximum absolute atomic E-state index is 5.94. The molecule has 0 fully saturated rings. The molecule has 0 saturated carbocycles. The number of hydrogen-bond donors (Lipinski definition) is 0. The highest BCUT2D eigenvalue weighted by Gasteiger charge is 2.05. The van der Waals surface area contributed by atoms with E-state index in [1.54, 1.807) is 7.11 Å². The fraction of sp³-hybridized carbons (Fsp3) is 0.667. The van der Waals surface area contributed by atoms with Gasteiger partial charge < -0.3 is 4.74 Å². The lowest BCUT2D eigenvalue weighted by atomic mass is 10.3. The maximum Gasteiger partial charge on any atom is 0.107 e. The zero-order chi connectivity index (χ0) is 9.68. The minimum absolute atomic E-state index is 0.484. The van der Waals surface area contributed by atoms with Gasteiger partial charge in [-0.05, 0) is 6.42 Å². The van der Waals surface area contributed by atoms with E-state index in [1.807, 2.05) is 10.9 Å². The molecule has 0 saturated heterocycles. The molecule has 0 N–H and O–H groups in total. The SMILES string of the molecule is CCCCn1cc(Cl)c(COC)n1. The van der Waals surface area contributed by atoms with Crippen molar-refractivity contribution >= 4 is 11.6 Å². The third-order valence-corrected chi connectivity index (χ3v) is 2.12. The van der Waals surface area contributed by atoms with E-state index in [0.29, 0.717) is 11.6 Å². The van der Waals surface area contributed by atoms with E-state index < -0.39 is 0 Å². The van der Waals surface area contributed by atoms with E-state index in [1.165, 1.54) is 0 Å². The second-order valence-electron chi connectivity index (χ2n) is 2.97. The van der Waals surface area contributed by atoms with Gasteiger partial charge in [-0.15, -0.1) is 0 Å². The average molecular weight is 203 g/mol. The Labute approximate surface area is 83.6 Å². The molecule has 0 aliphatic heterocycles. The summed E-state index contributed by atoms with van der Waals surface area (Å²) in [4.78, 5) is 0. The van der Waals surface area contributed by atoms with E-state index in [9.17, 15) is 0 Å². The molecule has 0 radical (unpaired) electrons. The molecular weight excluding hydrogens is 188 g/mol. The van der Waals surface area contributed by atoms with Gasteiger partial charge in [0.05, 0.1) is 11.6 Å². The summed E-state index contributed by atoms with van der Waals surface area (Å²) in [5, 5.41) is 4.99. The molecule has 3 nitrogen and oxygen atoms in total. The summed E-state index contributed by atoms with van der Waals surface area (Å²) >= 11 is 5.94. The number of ether oxygens (including phenoxy) is 1. The fourth-order valence-electron chi connectivity index (χ4n) is 1.11. The Morgan fingerprint density at radius 3 is 3.00 bits per heavy atom. The third-order valence-electron chi connectivity index (χ3n) is 1.81. The van der Waals surface area contributed by atoms with Crippen molar-refractivity contribution in [1.82, 2.24) is 9.78 Å². The van der Waals surface area contributed by atoms with Crippen LogP contribution in [0.2, 0.25) is 5.02 Å². The van der Waals surface area contributed by atoms with Crippen LogP contribution < -0.4 is 0 Å². The molecule has 13 heavy (non-hydrogen) atoms. The predicted molar refractivity (Wildman–Crippen MR) is 52.9 cm³/mol. The minimum Gasteiger partial charge on any atom is -0.378 e. The summed E-state index contributed by atoms with van der Waals surface area (Å²) < 4.78 is 6.84. The third kappa shape index (κ3) is 3.01. The van der Waals surface area contributed by atoms with Gasteiger partial charge in [0.25, 0.3) is 0 Å². The van der Waals surface area contributed by atoms with E-state index in [0.717, 1.165) is 25.1 Å².